The van der Waals surface area contributed by atoms with Crippen LogP contribution in [0.15, 0.2) is 103 Å². The summed E-state index contributed by atoms with van der Waals surface area (Å²) in [5.41, 5.74) is 5.19. The van der Waals surface area contributed by atoms with Crippen LogP contribution < -0.4 is 9.64 Å². The molecule has 200 valence electrons. The number of anilines is 1. The molecule has 0 saturated carbocycles. The summed E-state index contributed by atoms with van der Waals surface area (Å²) in [5, 5.41) is 0. The van der Waals surface area contributed by atoms with Crippen molar-refractivity contribution in [2.45, 2.75) is 47.1 Å². The Morgan fingerprint density at radius 1 is 0.641 bits per heavy atom. The summed E-state index contributed by atoms with van der Waals surface area (Å²) in [4.78, 5) is 28.4. The Bertz CT molecular complexity index is 1370. The first kappa shape index (κ1) is 27.8. The van der Waals surface area contributed by atoms with Gasteiger partial charge in [-0.25, -0.2) is 4.79 Å². The SMILES string of the molecule is CC(C)Cc1ccc(C(=O)N(Cc2cccc(C(=O)Oc3ccccc3)c2)c2ccc(CC(C)C)cc2)cc1. The summed E-state index contributed by atoms with van der Waals surface area (Å²) in [5.74, 6) is 1.08. The maximum absolute atomic E-state index is 13.8. The normalized spacial score (nSPS) is 11.0. The molecular weight excluding hydrogens is 482 g/mol. The summed E-state index contributed by atoms with van der Waals surface area (Å²) in [6, 6.07) is 32.4. The first-order valence-corrected chi connectivity index (χ1v) is 13.6. The highest BCUT2D eigenvalue weighted by molar-refractivity contribution is 6.06. The van der Waals surface area contributed by atoms with Gasteiger partial charge in [0.25, 0.3) is 5.91 Å². The third-order valence-corrected chi connectivity index (χ3v) is 6.44. The highest BCUT2D eigenvalue weighted by Crippen LogP contribution is 2.24. The maximum atomic E-state index is 13.8. The van der Waals surface area contributed by atoms with Crippen molar-refractivity contribution in [2.75, 3.05) is 4.90 Å². The lowest BCUT2D eigenvalue weighted by molar-refractivity contribution is 0.0734. The number of rotatable bonds is 10. The van der Waals surface area contributed by atoms with Crippen molar-refractivity contribution in [2.24, 2.45) is 11.8 Å². The minimum atomic E-state index is -0.431. The molecule has 1 amide bonds. The van der Waals surface area contributed by atoms with E-state index in [1.807, 2.05) is 66.7 Å². The lowest BCUT2D eigenvalue weighted by Gasteiger charge is -2.24. The second kappa shape index (κ2) is 13.1. The van der Waals surface area contributed by atoms with Gasteiger partial charge in [-0.05, 0) is 89.9 Å². The zero-order valence-electron chi connectivity index (χ0n) is 23.3. The minimum Gasteiger partial charge on any atom is -0.423 e. The molecule has 0 aromatic heterocycles. The zero-order chi connectivity index (χ0) is 27.8. The fourth-order valence-corrected chi connectivity index (χ4v) is 4.61. The van der Waals surface area contributed by atoms with Gasteiger partial charge in [0.05, 0.1) is 12.1 Å². The fourth-order valence-electron chi connectivity index (χ4n) is 4.61. The van der Waals surface area contributed by atoms with Crippen LogP contribution in [-0.4, -0.2) is 11.9 Å². The van der Waals surface area contributed by atoms with E-state index in [1.165, 1.54) is 11.1 Å². The summed E-state index contributed by atoms with van der Waals surface area (Å²) in [7, 11) is 0. The molecule has 0 fully saturated rings. The molecule has 0 bridgehead atoms. The molecule has 0 atom stereocenters. The molecule has 0 spiro atoms. The molecule has 0 aliphatic heterocycles. The van der Waals surface area contributed by atoms with Crippen LogP contribution in [0.1, 0.15) is 65.1 Å². The number of hydrogen-bond donors (Lipinski definition) is 0. The maximum Gasteiger partial charge on any atom is 0.343 e. The van der Waals surface area contributed by atoms with Gasteiger partial charge in [0, 0.05) is 11.3 Å². The van der Waals surface area contributed by atoms with Crippen LogP contribution in [-0.2, 0) is 19.4 Å². The van der Waals surface area contributed by atoms with Crippen LogP contribution in [0.25, 0.3) is 0 Å². The third-order valence-electron chi connectivity index (χ3n) is 6.44. The Kier molecular flexibility index (Phi) is 9.32. The number of esters is 1. The van der Waals surface area contributed by atoms with Crippen LogP contribution in [0, 0.1) is 11.8 Å². The molecule has 4 nitrogen and oxygen atoms in total. The molecule has 0 aliphatic rings. The van der Waals surface area contributed by atoms with E-state index >= 15 is 0 Å². The first-order valence-electron chi connectivity index (χ1n) is 13.6. The average Bonchev–Trinajstić information content (AvgIpc) is 2.92. The van der Waals surface area contributed by atoms with E-state index in [-0.39, 0.29) is 5.91 Å². The van der Waals surface area contributed by atoms with E-state index in [0.717, 1.165) is 24.1 Å². The smallest absolute Gasteiger partial charge is 0.343 e. The third kappa shape index (κ3) is 7.90. The topological polar surface area (TPSA) is 46.6 Å². The van der Waals surface area contributed by atoms with Gasteiger partial charge in [0.1, 0.15) is 5.75 Å². The Hall–Kier alpha value is -4.18. The van der Waals surface area contributed by atoms with Crippen LogP contribution in [0.3, 0.4) is 0 Å². The molecule has 0 saturated heterocycles. The minimum absolute atomic E-state index is 0.0834. The Balaban J connectivity index is 1.60. The van der Waals surface area contributed by atoms with E-state index < -0.39 is 5.97 Å². The van der Waals surface area contributed by atoms with Crippen molar-refractivity contribution < 1.29 is 14.3 Å². The molecule has 4 heteroatoms. The van der Waals surface area contributed by atoms with Crippen molar-refractivity contribution >= 4 is 17.6 Å². The van der Waals surface area contributed by atoms with Gasteiger partial charge in [-0.2, -0.15) is 0 Å². The number of carbonyl (C=O) groups excluding carboxylic acids is 2. The lowest BCUT2D eigenvalue weighted by atomic mass is 10.0. The molecular formula is C35H37NO3. The molecule has 0 aliphatic carbocycles. The molecule has 4 aromatic carbocycles. The largest absolute Gasteiger partial charge is 0.423 e. The highest BCUT2D eigenvalue weighted by Gasteiger charge is 2.20. The van der Waals surface area contributed by atoms with Crippen molar-refractivity contribution in [1.29, 1.82) is 0 Å². The van der Waals surface area contributed by atoms with Crippen LogP contribution >= 0.6 is 0 Å². The Morgan fingerprint density at radius 3 is 1.82 bits per heavy atom. The molecule has 0 unspecified atom stereocenters. The molecule has 0 N–H and O–H groups in total. The van der Waals surface area contributed by atoms with Crippen LogP contribution in [0.5, 0.6) is 5.75 Å². The number of nitrogens with zero attached hydrogens (tertiary/aromatic N) is 1. The molecule has 4 rings (SSSR count). The quantitative estimate of drug-likeness (QED) is 0.157. The average molecular weight is 520 g/mol. The van der Waals surface area contributed by atoms with Gasteiger partial charge in [0.2, 0.25) is 0 Å². The summed E-state index contributed by atoms with van der Waals surface area (Å²) in [6.45, 7) is 9.09. The van der Waals surface area contributed by atoms with Gasteiger partial charge in [-0.15, -0.1) is 0 Å². The van der Waals surface area contributed by atoms with Crippen molar-refractivity contribution in [3.8, 4) is 5.75 Å². The Labute approximate surface area is 232 Å². The van der Waals surface area contributed by atoms with Gasteiger partial charge in [-0.3, -0.25) is 4.79 Å². The predicted octanol–water partition coefficient (Wildman–Crippen LogP) is 8.15. The van der Waals surface area contributed by atoms with Crippen molar-refractivity contribution in [3.63, 3.8) is 0 Å². The number of para-hydroxylation sites is 1. The second-order valence-corrected chi connectivity index (χ2v) is 10.9. The standard InChI is InChI=1S/C35H37NO3/c1-25(2)21-27-13-17-30(18-14-27)34(37)36(32-19-15-28(16-20-32)22-26(3)4)24-29-9-8-10-31(23-29)35(38)39-33-11-6-5-7-12-33/h5-20,23,25-26H,21-22,24H2,1-4H3. The number of carbonyl (C=O) groups is 2. The van der Waals surface area contributed by atoms with Crippen molar-refractivity contribution in [3.05, 3.63) is 131 Å². The van der Waals surface area contributed by atoms with Crippen molar-refractivity contribution in [1.82, 2.24) is 0 Å². The van der Waals surface area contributed by atoms with Gasteiger partial charge in [0.15, 0.2) is 0 Å². The van der Waals surface area contributed by atoms with E-state index in [9.17, 15) is 9.59 Å². The highest BCUT2D eigenvalue weighted by atomic mass is 16.5. The zero-order valence-corrected chi connectivity index (χ0v) is 23.3. The van der Waals surface area contributed by atoms with E-state index in [2.05, 4.69) is 39.8 Å². The number of hydrogen-bond acceptors (Lipinski definition) is 3. The van der Waals surface area contributed by atoms with Crippen LogP contribution in [0.4, 0.5) is 5.69 Å². The summed E-state index contributed by atoms with van der Waals surface area (Å²) < 4.78 is 5.53. The van der Waals surface area contributed by atoms with Gasteiger partial charge in [-0.1, -0.05) is 82.3 Å². The fraction of sp³-hybridized carbons (Fsp3) is 0.257. The van der Waals surface area contributed by atoms with Gasteiger partial charge < -0.3 is 9.64 Å². The van der Waals surface area contributed by atoms with Crippen LogP contribution in [0.2, 0.25) is 0 Å². The Morgan fingerprint density at radius 2 is 1.23 bits per heavy atom. The second-order valence-electron chi connectivity index (χ2n) is 10.9. The molecule has 0 heterocycles. The van der Waals surface area contributed by atoms with E-state index in [0.29, 0.717) is 35.3 Å². The number of benzene rings is 4. The first-order chi connectivity index (χ1) is 18.8. The van der Waals surface area contributed by atoms with E-state index in [4.69, 9.17) is 4.74 Å². The summed E-state index contributed by atoms with van der Waals surface area (Å²) >= 11 is 0. The predicted molar refractivity (Wildman–Crippen MR) is 158 cm³/mol. The van der Waals surface area contributed by atoms with Gasteiger partial charge >= 0.3 is 5.97 Å². The molecule has 4 aromatic rings. The summed E-state index contributed by atoms with van der Waals surface area (Å²) in [6.07, 6.45) is 1.96. The van der Waals surface area contributed by atoms with E-state index in [1.54, 1.807) is 29.2 Å². The molecule has 0 radical (unpaired) electrons. The number of ether oxygens (including phenoxy) is 1. The lowest BCUT2D eigenvalue weighted by Crippen LogP contribution is -2.30. The monoisotopic (exact) mass is 519 g/mol. The molecule has 39 heavy (non-hydrogen) atoms. The number of amides is 1.